The number of amides is 2. The first-order chi connectivity index (χ1) is 12.6. The van der Waals surface area contributed by atoms with Gasteiger partial charge in [-0.3, -0.25) is 14.6 Å². The van der Waals surface area contributed by atoms with Crippen molar-refractivity contribution in [2.45, 2.75) is 57.8 Å². The van der Waals surface area contributed by atoms with Crippen molar-refractivity contribution in [3.63, 3.8) is 0 Å². The van der Waals surface area contributed by atoms with Crippen LogP contribution in [0.15, 0.2) is 18.6 Å². The molecule has 3 rings (SSSR count). The molecule has 2 aliphatic carbocycles. The first kappa shape index (κ1) is 18.8. The van der Waals surface area contributed by atoms with Crippen molar-refractivity contribution < 1.29 is 9.59 Å². The highest BCUT2D eigenvalue weighted by Crippen LogP contribution is 2.47. The zero-order chi connectivity index (χ0) is 18.4. The van der Waals surface area contributed by atoms with E-state index in [0.29, 0.717) is 18.8 Å². The van der Waals surface area contributed by atoms with Crippen molar-refractivity contribution in [3.8, 4) is 0 Å². The molecule has 1 aromatic rings. The maximum Gasteiger partial charge on any atom is 0.271 e. The van der Waals surface area contributed by atoms with Gasteiger partial charge < -0.3 is 10.2 Å². The Labute approximate surface area is 155 Å². The number of carbonyl (C=O) groups is 2. The molecule has 6 heteroatoms. The molecule has 2 aliphatic rings. The van der Waals surface area contributed by atoms with Crippen molar-refractivity contribution in [2.24, 2.45) is 11.3 Å². The summed E-state index contributed by atoms with van der Waals surface area (Å²) in [5, 5.41) is 2.83. The standard InChI is InChI=1S/C20H30N4O2/c1-24(13-12-23-18(25)17-15-21-10-11-22-17)19(26)20(8-4-5-9-20)14-16-6-2-3-7-16/h10-11,15-16H,2-9,12-14H2,1H3,(H,23,25). The van der Waals surface area contributed by atoms with Gasteiger partial charge in [-0.25, -0.2) is 4.98 Å². The van der Waals surface area contributed by atoms with Crippen LogP contribution in [0.5, 0.6) is 0 Å². The van der Waals surface area contributed by atoms with Crippen LogP contribution in [0, 0.1) is 11.3 Å². The summed E-state index contributed by atoms with van der Waals surface area (Å²) in [5.41, 5.74) is 0.147. The Hall–Kier alpha value is -1.98. The minimum Gasteiger partial charge on any atom is -0.349 e. The SMILES string of the molecule is CN(CCNC(=O)c1cnccn1)C(=O)C1(CC2CCCC2)CCCC1. The molecule has 0 bridgehead atoms. The summed E-state index contributed by atoms with van der Waals surface area (Å²) in [6, 6.07) is 0. The zero-order valence-electron chi connectivity index (χ0n) is 15.7. The van der Waals surface area contributed by atoms with Crippen LogP contribution in [-0.4, -0.2) is 46.8 Å². The lowest BCUT2D eigenvalue weighted by atomic mass is 9.76. The number of aromatic nitrogens is 2. The van der Waals surface area contributed by atoms with Crippen molar-refractivity contribution in [3.05, 3.63) is 24.3 Å². The number of likely N-dealkylation sites (N-methyl/N-ethyl adjacent to an activating group) is 1. The lowest BCUT2D eigenvalue weighted by molar-refractivity contribution is -0.141. The van der Waals surface area contributed by atoms with E-state index in [1.165, 1.54) is 44.3 Å². The second-order valence-corrected chi connectivity index (χ2v) is 7.92. The van der Waals surface area contributed by atoms with Crippen LogP contribution in [0.3, 0.4) is 0 Å². The normalized spacial score (nSPS) is 19.4. The smallest absolute Gasteiger partial charge is 0.271 e. The molecule has 1 heterocycles. The molecule has 2 amide bonds. The minimum atomic E-state index is -0.250. The van der Waals surface area contributed by atoms with E-state index >= 15 is 0 Å². The van der Waals surface area contributed by atoms with Crippen molar-refractivity contribution in [1.29, 1.82) is 0 Å². The Morgan fingerprint density at radius 1 is 1.19 bits per heavy atom. The van der Waals surface area contributed by atoms with E-state index in [-0.39, 0.29) is 17.2 Å². The van der Waals surface area contributed by atoms with Gasteiger partial charge in [-0.05, 0) is 25.2 Å². The van der Waals surface area contributed by atoms with Gasteiger partial charge in [0.1, 0.15) is 5.69 Å². The summed E-state index contributed by atoms with van der Waals surface area (Å²) in [7, 11) is 1.87. The van der Waals surface area contributed by atoms with Gasteiger partial charge in [0.25, 0.3) is 5.91 Å². The molecule has 2 saturated carbocycles. The third-order valence-electron chi connectivity index (χ3n) is 6.04. The first-order valence-electron chi connectivity index (χ1n) is 9.90. The van der Waals surface area contributed by atoms with E-state index in [2.05, 4.69) is 15.3 Å². The second kappa shape index (κ2) is 8.60. The quantitative estimate of drug-likeness (QED) is 0.813. The highest BCUT2D eigenvalue weighted by Gasteiger charge is 2.44. The third kappa shape index (κ3) is 4.40. The highest BCUT2D eigenvalue weighted by atomic mass is 16.2. The average molecular weight is 358 g/mol. The first-order valence-corrected chi connectivity index (χ1v) is 9.90. The van der Waals surface area contributed by atoms with Crippen molar-refractivity contribution in [2.75, 3.05) is 20.1 Å². The second-order valence-electron chi connectivity index (χ2n) is 7.92. The van der Waals surface area contributed by atoms with Gasteiger partial charge in [0.2, 0.25) is 5.91 Å². The van der Waals surface area contributed by atoms with Crippen LogP contribution >= 0.6 is 0 Å². The molecule has 0 spiro atoms. The van der Waals surface area contributed by atoms with Gasteiger partial charge in [-0.2, -0.15) is 0 Å². The van der Waals surface area contributed by atoms with Crippen LogP contribution in [0.25, 0.3) is 0 Å². The van der Waals surface area contributed by atoms with Crippen LogP contribution in [0.2, 0.25) is 0 Å². The molecule has 1 aromatic heterocycles. The van der Waals surface area contributed by atoms with Crippen molar-refractivity contribution >= 4 is 11.8 Å². The monoisotopic (exact) mass is 358 g/mol. The van der Waals surface area contributed by atoms with Crippen LogP contribution in [0.1, 0.15) is 68.3 Å². The fourth-order valence-electron chi connectivity index (χ4n) is 4.67. The van der Waals surface area contributed by atoms with E-state index in [1.54, 1.807) is 0 Å². The fourth-order valence-corrected chi connectivity index (χ4v) is 4.67. The molecule has 0 aliphatic heterocycles. The molecule has 0 saturated heterocycles. The minimum absolute atomic E-state index is 0.154. The highest BCUT2D eigenvalue weighted by molar-refractivity contribution is 5.91. The van der Waals surface area contributed by atoms with E-state index in [0.717, 1.165) is 38.0 Å². The van der Waals surface area contributed by atoms with Gasteiger partial charge in [0.05, 0.1) is 6.20 Å². The Kier molecular flexibility index (Phi) is 6.22. The number of nitrogens with one attached hydrogen (secondary N) is 1. The summed E-state index contributed by atoms with van der Waals surface area (Å²) >= 11 is 0. The average Bonchev–Trinajstić information content (AvgIpc) is 3.34. The van der Waals surface area contributed by atoms with Crippen LogP contribution in [-0.2, 0) is 4.79 Å². The van der Waals surface area contributed by atoms with Crippen LogP contribution in [0.4, 0.5) is 0 Å². The largest absolute Gasteiger partial charge is 0.349 e. The van der Waals surface area contributed by atoms with Gasteiger partial charge in [-0.1, -0.05) is 38.5 Å². The summed E-state index contributed by atoms with van der Waals surface area (Å²) in [6.07, 6.45) is 15.1. The molecule has 0 unspecified atom stereocenters. The number of carbonyl (C=O) groups excluding carboxylic acids is 2. The molecule has 0 atom stereocenters. The maximum absolute atomic E-state index is 13.2. The summed E-state index contributed by atoms with van der Waals surface area (Å²) in [5.74, 6) is 0.748. The van der Waals surface area contributed by atoms with Gasteiger partial charge in [0.15, 0.2) is 0 Å². The Bertz CT molecular complexity index is 607. The Morgan fingerprint density at radius 3 is 2.58 bits per heavy atom. The number of hydrogen-bond acceptors (Lipinski definition) is 4. The zero-order valence-corrected chi connectivity index (χ0v) is 15.7. The third-order valence-corrected chi connectivity index (χ3v) is 6.04. The molecule has 2 fully saturated rings. The van der Waals surface area contributed by atoms with Gasteiger partial charge in [0, 0.05) is 37.9 Å². The number of hydrogen-bond donors (Lipinski definition) is 1. The molecule has 26 heavy (non-hydrogen) atoms. The van der Waals surface area contributed by atoms with E-state index in [4.69, 9.17) is 0 Å². The Balaban J connectivity index is 1.51. The molecule has 142 valence electrons. The topological polar surface area (TPSA) is 75.2 Å². The van der Waals surface area contributed by atoms with E-state index in [1.807, 2.05) is 11.9 Å². The summed E-state index contributed by atoms with van der Waals surface area (Å²) in [6.45, 7) is 0.953. The number of nitrogens with zero attached hydrogens (tertiary/aromatic N) is 3. The Morgan fingerprint density at radius 2 is 1.92 bits per heavy atom. The predicted octanol–water partition coefficient (Wildman–Crippen LogP) is 2.81. The van der Waals surface area contributed by atoms with E-state index in [9.17, 15) is 9.59 Å². The summed E-state index contributed by atoms with van der Waals surface area (Å²) in [4.78, 5) is 34.9. The van der Waals surface area contributed by atoms with Crippen molar-refractivity contribution in [1.82, 2.24) is 20.2 Å². The van der Waals surface area contributed by atoms with E-state index < -0.39 is 0 Å². The molecular formula is C20H30N4O2. The molecule has 6 nitrogen and oxygen atoms in total. The lowest BCUT2D eigenvalue weighted by Crippen LogP contribution is -2.44. The molecule has 0 aromatic carbocycles. The van der Waals surface area contributed by atoms with Gasteiger partial charge >= 0.3 is 0 Å². The molecule has 0 radical (unpaired) electrons. The lowest BCUT2D eigenvalue weighted by Gasteiger charge is -2.34. The maximum atomic E-state index is 13.2. The molecular weight excluding hydrogens is 328 g/mol. The fraction of sp³-hybridized carbons (Fsp3) is 0.700. The summed E-state index contributed by atoms with van der Waals surface area (Å²) < 4.78 is 0. The predicted molar refractivity (Wildman–Crippen MR) is 99.5 cm³/mol. The van der Waals surface area contributed by atoms with Gasteiger partial charge in [-0.15, -0.1) is 0 Å². The molecule has 1 N–H and O–H groups in total. The van der Waals surface area contributed by atoms with Crippen LogP contribution < -0.4 is 5.32 Å². The number of rotatable bonds is 7.